The Bertz CT molecular complexity index is 878. The van der Waals surface area contributed by atoms with Crippen molar-refractivity contribution in [3.8, 4) is 11.5 Å². The summed E-state index contributed by atoms with van der Waals surface area (Å²) in [6, 6.07) is 10.4. The lowest BCUT2D eigenvalue weighted by Crippen LogP contribution is -2.25. The second kappa shape index (κ2) is 8.59. The number of amides is 1. The number of carbonyl (C=O) groups excluding carboxylic acids is 2. The smallest absolute Gasteiger partial charge is 0.308 e. The van der Waals surface area contributed by atoms with Crippen LogP contribution in [0, 0.1) is 0 Å². The Labute approximate surface area is 158 Å². The summed E-state index contributed by atoms with van der Waals surface area (Å²) < 4.78 is 10.5. The second-order valence-electron chi connectivity index (χ2n) is 5.15. The van der Waals surface area contributed by atoms with E-state index in [1.54, 1.807) is 36.4 Å². The van der Waals surface area contributed by atoms with E-state index in [0.29, 0.717) is 15.8 Å². The summed E-state index contributed by atoms with van der Waals surface area (Å²) in [6.07, 6.45) is 0.0509. The Morgan fingerprint density at radius 2 is 2.00 bits per heavy atom. The van der Waals surface area contributed by atoms with Crippen LogP contribution in [0.15, 0.2) is 46.2 Å². The number of hydrogen-bond acceptors (Lipinski definition) is 7. The first-order valence-corrected chi connectivity index (χ1v) is 8.93. The molecule has 9 heteroatoms. The zero-order valence-electron chi connectivity index (χ0n) is 13.5. The molecule has 26 heavy (non-hydrogen) atoms. The molecule has 3 rings (SSSR count). The number of hydrogen-bond donors (Lipinski definition) is 1. The number of esters is 1. The van der Waals surface area contributed by atoms with Crippen LogP contribution in [0.1, 0.15) is 22.0 Å². The van der Waals surface area contributed by atoms with Gasteiger partial charge in [-0.1, -0.05) is 17.7 Å². The van der Waals surface area contributed by atoms with Crippen molar-refractivity contribution in [1.82, 2.24) is 15.5 Å². The van der Waals surface area contributed by atoms with Gasteiger partial charge in [0.25, 0.3) is 11.8 Å². The van der Waals surface area contributed by atoms with E-state index in [1.165, 1.54) is 11.3 Å². The van der Waals surface area contributed by atoms with Crippen molar-refractivity contribution < 1.29 is 18.7 Å². The van der Waals surface area contributed by atoms with Gasteiger partial charge in [0.1, 0.15) is 0 Å². The minimum atomic E-state index is -0.470. The van der Waals surface area contributed by atoms with Crippen LogP contribution >= 0.6 is 22.9 Å². The van der Waals surface area contributed by atoms with E-state index in [-0.39, 0.29) is 31.4 Å². The van der Waals surface area contributed by atoms with Crippen molar-refractivity contribution in [2.45, 2.75) is 13.0 Å². The molecule has 0 fully saturated rings. The van der Waals surface area contributed by atoms with Gasteiger partial charge in [0.15, 0.2) is 6.61 Å². The summed E-state index contributed by atoms with van der Waals surface area (Å²) in [5, 5.41) is 12.8. The normalized spacial score (nSPS) is 10.5. The predicted octanol–water partition coefficient (Wildman–Crippen LogP) is 3.31. The maximum atomic E-state index is 11.7. The summed E-state index contributed by atoms with van der Waals surface area (Å²) in [5.41, 5.74) is 0.718. The highest BCUT2D eigenvalue weighted by Gasteiger charge is 2.12. The molecule has 0 aliphatic rings. The molecular formula is C17H14ClN3O4S. The van der Waals surface area contributed by atoms with Gasteiger partial charge >= 0.3 is 5.97 Å². The maximum absolute atomic E-state index is 11.7. The number of ether oxygens (including phenoxy) is 1. The summed E-state index contributed by atoms with van der Waals surface area (Å²) in [4.78, 5) is 24.1. The SMILES string of the molecule is O=C(CCNC(=O)c1cccs1)OCc1nnc(-c2ccc(Cl)cc2)o1. The van der Waals surface area contributed by atoms with Gasteiger partial charge in [-0.25, -0.2) is 0 Å². The fraction of sp³-hybridized carbons (Fsp3) is 0.176. The molecule has 0 aliphatic carbocycles. The molecule has 1 N–H and O–H groups in total. The first-order valence-electron chi connectivity index (χ1n) is 7.67. The van der Waals surface area contributed by atoms with Crippen molar-refractivity contribution in [1.29, 1.82) is 0 Å². The predicted molar refractivity (Wildman–Crippen MR) is 95.8 cm³/mol. The molecule has 2 aromatic heterocycles. The molecule has 0 bridgehead atoms. The molecule has 0 saturated heterocycles. The van der Waals surface area contributed by atoms with Gasteiger partial charge in [0.2, 0.25) is 5.89 Å². The highest BCUT2D eigenvalue weighted by atomic mass is 35.5. The topological polar surface area (TPSA) is 94.3 Å². The Morgan fingerprint density at radius 3 is 2.73 bits per heavy atom. The third-order valence-corrected chi connectivity index (χ3v) is 4.39. The summed E-state index contributed by atoms with van der Waals surface area (Å²) in [6.45, 7) is 0.0632. The van der Waals surface area contributed by atoms with Crippen LogP contribution in [-0.4, -0.2) is 28.6 Å². The number of halogens is 1. The monoisotopic (exact) mass is 391 g/mol. The molecule has 0 radical (unpaired) electrons. The van der Waals surface area contributed by atoms with Crippen LogP contribution in [0.2, 0.25) is 5.02 Å². The standard InChI is InChI=1S/C17H14ClN3O4S/c18-12-5-3-11(4-6-12)17-21-20-14(25-17)10-24-15(22)7-8-19-16(23)13-2-1-9-26-13/h1-6,9H,7-8,10H2,(H,19,23). The Balaban J connectivity index is 1.42. The Hall–Kier alpha value is -2.71. The third-order valence-electron chi connectivity index (χ3n) is 3.27. The van der Waals surface area contributed by atoms with Gasteiger partial charge in [-0.3, -0.25) is 9.59 Å². The fourth-order valence-electron chi connectivity index (χ4n) is 2.01. The molecule has 134 valence electrons. The second-order valence-corrected chi connectivity index (χ2v) is 6.54. The zero-order valence-corrected chi connectivity index (χ0v) is 15.0. The summed E-state index contributed by atoms with van der Waals surface area (Å²) in [7, 11) is 0. The third kappa shape index (κ3) is 4.90. The first-order chi connectivity index (χ1) is 12.6. The van der Waals surface area contributed by atoms with E-state index in [4.69, 9.17) is 20.8 Å². The number of aromatic nitrogens is 2. The lowest BCUT2D eigenvalue weighted by atomic mass is 10.2. The molecule has 3 aromatic rings. The van der Waals surface area contributed by atoms with E-state index in [2.05, 4.69) is 15.5 Å². The quantitative estimate of drug-likeness (QED) is 0.621. The number of nitrogens with zero attached hydrogens (tertiary/aromatic N) is 2. The maximum Gasteiger partial charge on any atom is 0.308 e. The molecule has 7 nitrogen and oxygen atoms in total. The van der Waals surface area contributed by atoms with E-state index >= 15 is 0 Å². The van der Waals surface area contributed by atoms with Gasteiger partial charge in [0.05, 0.1) is 11.3 Å². The summed E-state index contributed by atoms with van der Waals surface area (Å²) in [5.74, 6) is -0.179. The molecule has 0 saturated carbocycles. The lowest BCUT2D eigenvalue weighted by Gasteiger charge is -2.04. The van der Waals surface area contributed by atoms with Gasteiger partial charge in [-0.2, -0.15) is 0 Å². The van der Waals surface area contributed by atoms with Gasteiger partial charge in [0, 0.05) is 17.1 Å². The van der Waals surface area contributed by atoms with E-state index < -0.39 is 5.97 Å². The number of thiophene rings is 1. The van der Waals surface area contributed by atoms with E-state index in [0.717, 1.165) is 5.56 Å². The minimum Gasteiger partial charge on any atom is -0.456 e. The van der Waals surface area contributed by atoms with Crippen LogP contribution in [0.4, 0.5) is 0 Å². The van der Waals surface area contributed by atoms with E-state index in [1.807, 2.05) is 5.38 Å². The minimum absolute atomic E-state index is 0.0509. The van der Waals surface area contributed by atoms with Crippen LogP contribution in [-0.2, 0) is 16.1 Å². The average molecular weight is 392 g/mol. The molecule has 0 atom stereocenters. The van der Waals surface area contributed by atoms with Crippen molar-refractivity contribution in [2.75, 3.05) is 6.54 Å². The van der Waals surface area contributed by atoms with Crippen molar-refractivity contribution in [3.05, 3.63) is 57.6 Å². The molecule has 0 spiro atoms. The molecule has 0 unspecified atom stereocenters. The van der Waals surface area contributed by atoms with E-state index in [9.17, 15) is 9.59 Å². The Morgan fingerprint density at radius 1 is 1.19 bits per heavy atom. The lowest BCUT2D eigenvalue weighted by molar-refractivity contribution is -0.145. The van der Waals surface area contributed by atoms with Gasteiger partial charge in [-0.05, 0) is 35.7 Å². The summed E-state index contributed by atoms with van der Waals surface area (Å²) >= 11 is 7.16. The van der Waals surface area contributed by atoms with Gasteiger partial charge in [-0.15, -0.1) is 21.5 Å². The highest BCUT2D eigenvalue weighted by molar-refractivity contribution is 7.12. The van der Waals surface area contributed by atoms with Crippen molar-refractivity contribution in [2.24, 2.45) is 0 Å². The average Bonchev–Trinajstić information content (AvgIpc) is 3.32. The van der Waals surface area contributed by atoms with Crippen molar-refractivity contribution in [3.63, 3.8) is 0 Å². The van der Waals surface area contributed by atoms with Crippen LogP contribution in [0.5, 0.6) is 0 Å². The molecule has 2 heterocycles. The number of benzene rings is 1. The fourth-order valence-corrected chi connectivity index (χ4v) is 2.77. The van der Waals surface area contributed by atoms with Crippen LogP contribution < -0.4 is 5.32 Å². The Kier molecular flexibility index (Phi) is 5.98. The molecular weight excluding hydrogens is 378 g/mol. The number of rotatable bonds is 7. The molecule has 0 aliphatic heterocycles. The van der Waals surface area contributed by atoms with Crippen molar-refractivity contribution >= 4 is 34.8 Å². The van der Waals surface area contributed by atoms with Crippen LogP contribution in [0.25, 0.3) is 11.5 Å². The molecule has 1 aromatic carbocycles. The number of nitrogens with one attached hydrogen (secondary N) is 1. The number of carbonyl (C=O) groups is 2. The van der Waals surface area contributed by atoms with Crippen LogP contribution in [0.3, 0.4) is 0 Å². The largest absolute Gasteiger partial charge is 0.456 e. The zero-order chi connectivity index (χ0) is 18.4. The molecule has 1 amide bonds. The van der Waals surface area contributed by atoms with Gasteiger partial charge < -0.3 is 14.5 Å². The first kappa shape index (κ1) is 18.1. The highest BCUT2D eigenvalue weighted by Crippen LogP contribution is 2.20.